The summed E-state index contributed by atoms with van der Waals surface area (Å²) in [6.45, 7) is 5.43. The highest BCUT2D eigenvalue weighted by Gasteiger charge is 2.30. The van der Waals surface area contributed by atoms with Gasteiger partial charge in [-0.1, -0.05) is 5.16 Å². The van der Waals surface area contributed by atoms with Crippen molar-refractivity contribution >= 4 is 11.8 Å². The van der Waals surface area contributed by atoms with E-state index in [1.165, 1.54) is 12.1 Å². The van der Waals surface area contributed by atoms with Gasteiger partial charge in [-0.3, -0.25) is 9.59 Å². The van der Waals surface area contributed by atoms with E-state index in [1.807, 2.05) is 16.7 Å². The number of likely N-dealkylation sites (tertiary alicyclic amines) is 1. The first-order chi connectivity index (χ1) is 13.0. The zero-order valence-electron chi connectivity index (χ0n) is 15.7. The average molecular weight is 373 g/mol. The van der Waals surface area contributed by atoms with Crippen molar-refractivity contribution in [1.82, 2.24) is 15.0 Å². The first-order valence-electron chi connectivity index (χ1n) is 9.24. The SMILES string of the molecule is CCN(C(C)=O)C1CCN(C(=O)CCc2cnoc2-c2ccc(F)cc2)C1. The van der Waals surface area contributed by atoms with Gasteiger partial charge in [-0.2, -0.15) is 0 Å². The number of likely N-dealkylation sites (N-methyl/N-ethyl adjacent to an activating group) is 1. The van der Waals surface area contributed by atoms with Crippen molar-refractivity contribution in [3.8, 4) is 11.3 Å². The Kier molecular flexibility index (Phi) is 5.88. The predicted octanol–water partition coefficient (Wildman–Crippen LogP) is 2.88. The van der Waals surface area contributed by atoms with Crippen LogP contribution in [0.2, 0.25) is 0 Å². The summed E-state index contributed by atoms with van der Waals surface area (Å²) in [4.78, 5) is 27.9. The summed E-state index contributed by atoms with van der Waals surface area (Å²) in [5.41, 5.74) is 1.56. The topological polar surface area (TPSA) is 66.7 Å². The van der Waals surface area contributed by atoms with Crippen molar-refractivity contribution in [3.05, 3.63) is 41.8 Å². The second kappa shape index (κ2) is 8.33. The van der Waals surface area contributed by atoms with E-state index in [0.717, 1.165) is 17.5 Å². The highest BCUT2D eigenvalue weighted by Crippen LogP contribution is 2.25. The maximum atomic E-state index is 13.1. The molecule has 1 fully saturated rings. The second-order valence-electron chi connectivity index (χ2n) is 6.77. The lowest BCUT2D eigenvalue weighted by molar-refractivity contribution is -0.133. The van der Waals surface area contributed by atoms with E-state index in [9.17, 15) is 14.0 Å². The molecule has 1 saturated heterocycles. The third-order valence-electron chi connectivity index (χ3n) is 5.06. The van der Waals surface area contributed by atoms with Gasteiger partial charge in [-0.05, 0) is 44.0 Å². The number of carbonyl (C=O) groups is 2. The maximum Gasteiger partial charge on any atom is 0.222 e. The lowest BCUT2D eigenvalue weighted by atomic mass is 10.1. The summed E-state index contributed by atoms with van der Waals surface area (Å²) in [6, 6.07) is 6.10. The van der Waals surface area contributed by atoms with Crippen molar-refractivity contribution in [1.29, 1.82) is 0 Å². The van der Waals surface area contributed by atoms with Crippen molar-refractivity contribution in [2.75, 3.05) is 19.6 Å². The molecule has 3 rings (SSSR count). The van der Waals surface area contributed by atoms with Gasteiger partial charge in [0.1, 0.15) is 5.82 Å². The molecular weight excluding hydrogens is 349 g/mol. The van der Waals surface area contributed by atoms with E-state index in [-0.39, 0.29) is 23.7 Å². The van der Waals surface area contributed by atoms with Crippen LogP contribution in [0.25, 0.3) is 11.3 Å². The molecule has 2 heterocycles. The molecule has 2 aromatic rings. The number of rotatable bonds is 6. The van der Waals surface area contributed by atoms with Gasteiger partial charge in [0, 0.05) is 44.1 Å². The molecule has 1 aliphatic rings. The van der Waals surface area contributed by atoms with Crippen LogP contribution in [0.1, 0.15) is 32.3 Å². The molecule has 0 bridgehead atoms. The van der Waals surface area contributed by atoms with E-state index in [2.05, 4.69) is 5.16 Å². The number of aryl methyl sites for hydroxylation is 1. The van der Waals surface area contributed by atoms with E-state index >= 15 is 0 Å². The minimum absolute atomic E-state index is 0.0465. The van der Waals surface area contributed by atoms with Crippen LogP contribution in [0.5, 0.6) is 0 Å². The highest BCUT2D eigenvalue weighted by atomic mass is 19.1. The highest BCUT2D eigenvalue weighted by molar-refractivity contribution is 5.78. The van der Waals surface area contributed by atoms with Gasteiger partial charge < -0.3 is 14.3 Å². The standard InChI is InChI=1S/C20H24FN3O3/c1-3-24(14(2)25)18-10-11-23(13-18)19(26)9-6-16-12-22-27-20(16)15-4-7-17(21)8-5-15/h4-5,7-8,12,18H,3,6,9-11,13H2,1-2H3. The largest absolute Gasteiger partial charge is 0.356 e. The molecule has 0 spiro atoms. The smallest absolute Gasteiger partial charge is 0.222 e. The van der Waals surface area contributed by atoms with Crippen molar-refractivity contribution in [3.63, 3.8) is 0 Å². The predicted molar refractivity (Wildman–Crippen MR) is 98.3 cm³/mol. The summed E-state index contributed by atoms with van der Waals surface area (Å²) in [7, 11) is 0. The van der Waals surface area contributed by atoms with Crippen LogP contribution in [-0.2, 0) is 16.0 Å². The van der Waals surface area contributed by atoms with Crippen LogP contribution in [0.4, 0.5) is 4.39 Å². The van der Waals surface area contributed by atoms with E-state index in [0.29, 0.717) is 38.2 Å². The van der Waals surface area contributed by atoms with Crippen LogP contribution in [-0.4, -0.2) is 52.4 Å². The first-order valence-corrected chi connectivity index (χ1v) is 9.24. The molecule has 0 aliphatic carbocycles. The number of benzene rings is 1. The van der Waals surface area contributed by atoms with Crippen molar-refractivity contribution in [2.24, 2.45) is 0 Å². The molecule has 1 unspecified atom stereocenters. The number of amides is 2. The molecule has 1 aliphatic heterocycles. The van der Waals surface area contributed by atoms with Gasteiger partial charge in [0.15, 0.2) is 5.76 Å². The fourth-order valence-electron chi connectivity index (χ4n) is 3.64. The summed E-state index contributed by atoms with van der Waals surface area (Å²) in [5, 5.41) is 3.82. The molecular formula is C20H24FN3O3. The summed E-state index contributed by atoms with van der Waals surface area (Å²) in [6.07, 6.45) is 3.26. The van der Waals surface area contributed by atoms with E-state index < -0.39 is 0 Å². The fraction of sp³-hybridized carbons (Fsp3) is 0.450. The van der Waals surface area contributed by atoms with Crippen LogP contribution in [0, 0.1) is 5.82 Å². The van der Waals surface area contributed by atoms with Gasteiger partial charge in [-0.15, -0.1) is 0 Å². The molecule has 0 saturated carbocycles. The van der Waals surface area contributed by atoms with E-state index in [4.69, 9.17) is 4.52 Å². The molecule has 144 valence electrons. The Hall–Kier alpha value is -2.70. The monoisotopic (exact) mass is 373 g/mol. The average Bonchev–Trinajstić information content (AvgIpc) is 3.30. The Morgan fingerprint density at radius 2 is 2.07 bits per heavy atom. The van der Waals surface area contributed by atoms with Gasteiger partial charge in [0.25, 0.3) is 0 Å². The van der Waals surface area contributed by atoms with Crippen LogP contribution < -0.4 is 0 Å². The Labute approximate surface area is 157 Å². The summed E-state index contributed by atoms with van der Waals surface area (Å²) >= 11 is 0. The molecule has 1 aromatic carbocycles. The number of hydrogen-bond acceptors (Lipinski definition) is 4. The first kappa shape index (κ1) is 19.1. The second-order valence-corrected chi connectivity index (χ2v) is 6.77. The van der Waals surface area contributed by atoms with Gasteiger partial charge >= 0.3 is 0 Å². The van der Waals surface area contributed by atoms with E-state index in [1.54, 1.807) is 25.3 Å². The third-order valence-corrected chi connectivity index (χ3v) is 5.06. The third kappa shape index (κ3) is 4.35. The van der Waals surface area contributed by atoms with Gasteiger partial charge in [-0.25, -0.2) is 4.39 Å². The van der Waals surface area contributed by atoms with Crippen LogP contribution >= 0.6 is 0 Å². The molecule has 6 nitrogen and oxygen atoms in total. The number of nitrogens with zero attached hydrogens (tertiary/aromatic N) is 3. The van der Waals surface area contributed by atoms with Gasteiger partial charge in [0.2, 0.25) is 11.8 Å². The molecule has 2 amide bonds. The molecule has 0 radical (unpaired) electrons. The number of halogens is 1. The summed E-state index contributed by atoms with van der Waals surface area (Å²) < 4.78 is 18.4. The minimum atomic E-state index is -0.315. The lowest BCUT2D eigenvalue weighted by Gasteiger charge is -2.26. The molecule has 0 N–H and O–H groups in total. The molecule has 1 atom stereocenters. The Bertz CT molecular complexity index is 803. The quantitative estimate of drug-likeness (QED) is 0.781. The summed E-state index contributed by atoms with van der Waals surface area (Å²) in [5.74, 6) is 0.356. The minimum Gasteiger partial charge on any atom is -0.356 e. The van der Waals surface area contributed by atoms with Crippen molar-refractivity contribution in [2.45, 2.75) is 39.2 Å². The Morgan fingerprint density at radius 1 is 1.33 bits per heavy atom. The molecule has 7 heteroatoms. The number of hydrogen-bond donors (Lipinski definition) is 0. The molecule has 27 heavy (non-hydrogen) atoms. The van der Waals surface area contributed by atoms with Gasteiger partial charge in [0.05, 0.1) is 12.2 Å². The Balaban J connectivity index is 1.58. The van der Waals surface area contributed by atoms with Crippen LogP contribution in [0.15, 0.2) is 35.0 Å². The van der Waals surface area contributed by atoms with Crippen molar-refractivity contribution < 1.29 is 18.5 Å². The zero-order chi connectivity index (χ0) is 19.4. The number of aromatic nitrogens is 1. The number of carbonyl (C=O) groups excluding carboxylic acids is 2. The van der Waals surface area contributed by atoms with Crippen LogP contribution in [0.3, 0.4) is 0 Å². The fourth-order valence-corrected chi connectivity index (χ4v) is 3.64. The zero-order valence-corrected chi connectivity index (χ0v) is 15.7. The maximum absolute atomic E-state index is 13.1. The normalized spacial score (nSPS) is 16.6. The molecule has 1 aromatic heterocycles. The Morgan fingerprint density at radius 3 is 2.74 bits per heavy atom. The lowest BCUT2D eigenvalue weighted by Crippen LogP contribution is -2.41.